The minimum Gasteiger partial charge on any atom is -0.324 e. The Balaban J connectivity index is 1.79. The molecule has 0 bridgehead atoms. The number of fused-ring (bicyclic) bond motifs is 1. The summed E-state index contributed by atoms with van der Waals surface area (Å²) in [6.07, 6.45) is 0. The first kappa shape index (κ1) is 14.3. The number of carbonyl (C=O) groups is 1. The molecular formula is C17H18N4O. The quantitative estimate of drug-likeness (QED) is 0.808. The predicted octanol–water partition coefficient (Wildman–Crippen LogP) is 3.00. The van der Waals surface area contributed by atoms with Gasteiger partial charge < -0.3 is 5.32 Å². The van der Waals surface area contributed by atoms with E-state index in [-0.39, 0.29) is 12.5 Å². The summed E-state index contributed by atoms with van der Waals surface area (Å²) in [4.78, 5) is 12.2. The Bertz CT molecular complexity index is 834. The largest absolute Gasteiger partial charge is 0.324 e. The van der Waals surface area contributed by atoms with Gasteiger partial charge >= 0.3 is 0 Å². The fourth-order valence-electron chi connectivity index (χ4n) is 2.31. The summed E-state index contributed by atoms with van der Waals surface area (Å²) in [5.74, 6) is -0.117. The third-order valence-electron chi connectivity index (χ3n) is 3.76. The SMILES string of the molecule is Cc1ccc(NC(=O)Cn2nnc3cc(C)c(C)cc32)cc1. The molecule has 0 aliphatic carbocycles. The van der Waals surface area contributed by atoms with Crippen LogP contribution in [0.5, 0.6) is 0 Å². The lowest BCUT2D eigenvalue weighted by atomic mass is 10.1. The summed E-state index contributed by atoms with van der Waals surface area (Å²) in [6.45, 7) is 6.24. The molecule has 0 saturated carbocycles. The lowest BCUT2D eigenvalue weighted by Crippen LogP contribution is -2.19. The average Bonchev–Trinajstić information content (AvgIpc) is 2.84. The third kappa shape index (κ3) is 2.83. The van der Waals surface area contributed by atoms with Crippen molar-refractivity contribution in [1.29, 1.82) is 0 Å². The average molecular weight is 294 g/mol. The molecule has 0 saturated heterocycles. The number of nitrogens with zero attached hydrogens (tertiary/aromatic N) is 3. The van der Waals surface area contributed by atoms with Crippen LogP contribution in [0.2, 0.25) is 0 Å². The summed E-state index contributed by atoms with van der Waals surface area (Å²) < 4.78 is 1.63. The van der Waals surface area contributed by atoms with Gasteiger partial charge in [0.1, 0.15) is 12.1 Å². The molecule has 5 nitrogen and oxygen atoms in total. The number of amides is 1. The highest BCUT2D eigenvalue weighted by atomic mass is 16.2. The number of aromatic nitrogens is 3. The van der Waals surface area contributed by atoms with Gasteiger partial charge in [-0.15, -0.1) is 5.10 Å². The van der Waals surface area contributed by atoms with E-state index in [0.717, 1.165) is 27.8 Å². The zero-order chi connectivity index (χ0) is 15.7. The van der Waals surface area contributed by atoms with Crippen molar-refractivity contribution >= 4 is 22.6 Å². The van der Waals surface area contributed by atoms with E-state index in [1.165, 1.54) is 5.56 Å². The van der Waals surface area contributed by atoms with E-state index in [9.17, 15) is 4.79 Å². The van der Waals surface area contributed by atoms with Crippen molar-refractivity contribution in [3.63, 3.8) is 0 Å². The van der Waals surface area contributed by atoms with Crippen molar-refractivity contribution in [2.45, 2.75) is 27.3 Å². The lowest BCUT2D eigenvalue weighted by Gasteiger charge is -2.06. The number of nitrogens with one attached hydrogen (secondary N) is 1. The fraction of sp³-hybridized carbons (Fsp3) is 0.235. The highest BCUT2D eigenvalue weighted by Crippen LogP contribution is 2.17. The van der Waals surface area contributed by atoms with E-state index in [4.69, 9.17) is 0 Å². The molecule has 1 heterocycles. The molecule has 0 aliphatic rings. The van der Waals surface area contributed by atoms with Gasteiger partial charge in [-0.1, -0.05) is 22.9 Å². The van der Waals surface area contributed by atoms with E-state index in [1.54, 1.807) is 4.68 Å². The van der Waals surface area contributed by atoms with E-state index in [0.29, 0.717) is 0 Å². The highest BCUT2D eigenvalue weighted by molar-refractivity contribution is 5.91. The van der Waals surface area contributed by atoms with Gasteiger partial charge in [0.15, 0.2) is 0 Å². The van der Waals surface area contributed by atoms with Crippen LogP contribution in [0, 0.1) is 20.8 Å². The monoisotopic (exact) mass is 294 g/mol. The van der Waals surface area contributed by atoms with Crippen LogP contribution in [0.4, 0.5) is 5.69 Å². The highest BCUT2D eigenvalue weighted by Gasteiger charge is 2.10. The van der Waals surface area contributed by atoms with E-state index < -0.39 is 0 Å². The standard InChI is InChI=1S/C17H18N4O/c1-11-4-6-14(7-5-11)18-17(22)10-21-16-9-13(3)12(2)8-15(16)19-20-21/h4-9H,10H2,1-3H3,(H,18,22). The second kappa shape index (κ2) is 5.60. The molecule has 0 spiro atoms. The number of carbonyl (C=O) groups excluding carboxylic acids is 1. The van der Waals surface area contributed by atoms with Gasteiger partial charge in [-0.2, -0.15) is 0 Å². The van der Waals surface area contributed by atoms with Crippen LogP contribution in [0.15, 0.2) is 36.4 Å². The van der Waals surface area contributed by atoms with Crippen LogP contribution < -0.4 is 5.32 Å². The van der Waals surface area contributed by atoms with Crippen molar-refractivity contribution in [1.82, 2.24) is 15.0 Å². The third-order valence-corrected chi connectivity index (χ3v) is 3.76. The van der Waals surface area contributed by atoms with E-state index in [1.807, 2.05) is 57.2 Å². The predicted molar refractivity (Wildman–Crippen MR) is 86.8 cm³/mol. The maximum Gasteiger partial charge on any atom is 0.246 e. The van der Waals surface area contributed by atoms with Crippen LogP contribution >= 0.6 is 0 Å². The minimum absolute atomic E-state index is 0.117. The lowest BCUT2D eigenvalue weighted by molar-refractivity contribution is -0.116. The van der Waals surface area contributed by atoms with Crippen LogP contribution in [0.25, 0.3) is 11.0 Å². The van der Waals surface area contributed by atoms with Gasteiger partial charge in [0.2, 0.25) is 5.91 Å². The summed E-state index contributed by atoms with van der Waals surface area (Å²) in [5, 5.41) is 11.1. The molecule has 0 fully saturated rings. The van der Waals surface area contributed by atoms with Crippen molar-refractivity contribution in [2.24, 2.45) is 0 Å². The van der Waals surface area contributed by atoms with Crippen LogP contribution in [0.1, 0.15) is 16.7 Å². The molecule has 2 aromatic carbocycles. The Labute approximate surface area is 129 Å². The Morgan fingerprint density at radius 1 is 1.09 bits per heavy atom. The molecule has 3 aromatic rings. The molecule has 3 rings (SSSR count). The molecule has 0 atom stereocenters. The van der Waals surface area contributed by atoms with Gasteiger partial charge in [-0.05, 0) is 56.2 Å². The van der Waals surface area contributed by atoms with Crippen LogP contribution in [-0.2, 0) is 11.3 Å². The molecule has 0 radical (unpaired) electrons. The number of benzene rings is 2. The summed E-state index contributed by atoms with van der Waals surface area (Å²) in [6, 6.07) is 11.7. The summed E-state index contributed by atoms with van der Waals surface area (Å²) in [7, 11) is 0. The molecule has 1 amide bonds. The summed E-state index contributed by atoms with van der Waals surface area (Å²) >= 11 is 0. The molecule has 112 valence electrons. The minimum atomic E-state index is -0.117. The second-order valence-corrected chi connectivity index (χ2v) is 5.59. The van der Waals surface area contributed by atoms with Gasteiger partial charge in [-0.3, -0.25) is 4.79 Å². The molecule has 0 unspecified atom stereocenters. The Morgan fingerprint density at radius 2 is 1.77 bits per heavy atom. The number of rotatable bonds is 3. The van der Waals surface area contributed by atoms with Gasteiger partial charge in [0.25, 0.3) is 0 Å². The molecule has 1 aromatic heterocycles. The summed E-state index contributed by atoms with van der Waals surface area (Å²) in [5.41, 5.74) is 5.96. The molecule has 5 heteroatoms. The van der Waals surface area contributed by atoms with Crippen molar-refractivity contribution in [3.8, 4) is 0 Å². The fourth-order valence-corrected chi connectivity index (χ4v) is 2.31. The Hall–Kier alpha value is -2.69. The first-order valence-corrected chi connectivity index (χ1v) is 7.20. The maximum atomic E-state index is 12.2. The molecule has 0 aliphatic heterocycles. The number of hydrogen-bond acceptors (Lipinski definition) is 3. The second-order valence-electron chi connectivity index (χ2n) is 5.59. The Kier molecular flexibility index (Phi) is 3.63. The van der Waals surface area contributed by atoms with E-state index >= 15 is 0 Å². The molecular weight excluding hydrogens is 276 g/mol. The zero-order valence-electron chi connectivity index (χ0n) is 12.9. The first-order chi connectivity index (χ1) is 10.5. The zero-order valence-corrected chi connectivity index (χ0v) is 12.9. The van der Waals surface area contributed by atoms with Gasteiger partial charge in [-0.25, -0.2) is 4.68 Å². The first-order valence-electron chi connectivity index (χ1n) is 7.20. The number of anilines is 1. The van der Waals surface area contributed by atoms with E-state index in [2.05, 4.69) is 15.6 Å². The van der Waals surface area contributed by atoms with Gasteiger partial charge in [0.05, 0.1) is 5.52 Å². The molecule has 1 N–H and O–H groups in total. The number of hydrogen-bond donors (Lipinski definition) is 1. The Morgan fingerprint density at radius 3 is 2.50 bits per heavy atom. The van der Waals surface area contributed by atoms with Crippen LogP contribution in [-0.4, -0.2) is 20.9 Å². The van der Waals surface area contributed by atoms with Crippen LogP contribution in [0.3, 0.4) is 0 Å². The van der Waals surface area contributed by atoms with Crippen molar-refractivity contribution in [2.75, 3.05) is 5.32 Å². The van der Waals surface area contributed by atoms with Crippen molar-refractivity contribution < 1.29 is 4.79 Å². The topological polar surface area (TPSA) is 59.8 Å². The molecule has 22 heavy (non-hydrogen) atoms. The number of aryl methyl sites for hydroxylation is 3. The maximum absolute atomic E-state index is 12.2. The smallest absolute Gasteiger partial charge is 0.246 e. The van der Waals surface area contributed by atoms with Gasteiger partial charge in [0, 0.05) is 5.69 Å². The normalized spacial score (nSPS) is 10.9. The van der Waals surface area contributed by atoms with Crippen molar-refractivity contribution in [3.05, 3.63) is 53.1 Å².